The summed E-state index contributed by atoms with van der Waals surface area (Å²) in [4.78, 5) is 24.4. The van der Waals surface area contributed by atoms with E-state index in [4.69, 9.17) is 0 Å². The Morgan fingerprint density at radius 2 is 1.61 bits per heavy atom. The maximum Gasteiger partial charge on any atom is 0.166 e. The number of Topliss-reactive ketones (excluding diaryl/α,β-unsaturated/α-hetero) is 2. The molecule has 1 aromatic rings. The molecular weight excluding hydrogens is 224 g/mol. The van der Waals surface area contributed by atoms with E-state index in [2.05, 4.69) is 0 Å². The standard InChI is InChI=1S/C16H18O2/c1-10(17)14-12-7-8-13(9-12)15(14)16(18)11-5-3-2-4-6-11/h2-6,12-15H,7-9H2,1H3/t12-,13+,14+,15-/m0/s1. The average Bonchev–Trinajstić information content (AvgIpc) is 2.99. The predicted octanol–water partition coefficient (Wildman–Crippen LogP) is 3.12. The van der Waals surface area contributed by atoms with E-state index in [0.717, 1.165) is 24.8 Å². The van der Waals surface area contributed by atoms with Gasteiger partial charge in [-0.3, -0.25) is 9.59 Å². The smallest absolute Gasteiger partial charge is 0.166 e. The third-order valence-electron chi connectivity index (χ3n) is 4.75. The van der Waals surface area contributed by atoms with E-state index in [1.807, 2.05) is 30.3 Å². The Hall–Kier alpha value is -1.44. The molecule has 2 aliphatic rings. The van der Waals surface area contributed by atoms with Gasteiger partial charge in [-0.2, -0.15) is 0 Å². The van der Waals surface area contributed by atoms with Gasteiger partial charge < -0.3 is 0 Å². The van der Waals surface area contributed by atoms with Crippen molar-refractivity contribution in [3.63, 3.8) is 0 Å². The lowest BCUT2D eigenvalue weighted by atomic mass is 9.74. The second-order valence-corrected chi connectivity index (χ2v) is 5.73. The first-order valence-corrected chi connectivity index (χ1v) is 6.78. The van der Waals surface area contributed by atoms with Crippen LogP contribution in [0.5, 0.6) is 0 Å². The molecule has 0 spiro atoms. The quantitative estimate of drug-likeness (QED) is 0.763. The van der Waals surface area contributed by atoms with Gasteiger partial charge in [0.2, 0.25) is 0 Å². The number of rotatable bonds is 3. The van der Waals surface area contributed by atoms with Crippen molar-refractivity contribution in [3.8, 4) is 0 Å². The Bertz CT molecular complexity index is 477. The minimum absolute atomic E-state index is 0.0172. The minimum Gasteiger partial charge on any atom is -0.300 e. The lowest BCUT2D eigenvalue weighted by Gasteiger charge is -2.28. The van der Waals surface area contributed by atoms with Crippen LogP contribution in [0.2, 0.25) is 0 Å². The lowest BCUT2D eigenvalue weighted by Crippen LogP contribution is -2.33. The zero-order valence-electron chi connectivity index (χ0n) is 10.6. The number of ketones is 2. The van der Waals surface area contributed by atoms with Crippen LogP contribution in [0.15, 0.2) is 30.3 Å². The summed E-state index contributed by atoms with van der Waals surface area (Å²) in [5.74, 6) is 1.22. The predicted molar refractivity (Wildman–Crippen MR) is 69.3 cm³/mol. The molecule has 4 atom stereocenters. The maximum atomic E-state index is 12.6. The van der Waals surface area contributed by atoms with Gasteiger partial charge >= 0.3 is 0 Å². The molecule has 2 aliphatic carbocycles. The Morgan fingerprint density at radius 1 is 1.00 bits per heavy atom. The Balaban J connectivity index is 1.91. The van der Waals surface area contributed by atoms with Gasteiger partial charge in [0.25, 0.3) is 0 Å². The van der Waals surface area contributed by atoms with E-state index in [0.29, 0.717) is 11.8 Å². The molecule has 2 heteroatoms. The third kappa shape index (κ3) is 1.71. The summed E-state index contributed by atoms with van der Waals surface area (Å²) in [6, 6.07) is 9.43. The van der Waals surface area contributed by atoms with E-state index in [1.165, 1.54) is 0 Å². The summed E-state index contributed by atoms with van der Waals surface area (Å²) in [6.07, 6.45) is 3.33. The second-order valence-electron chi connectivity index (χ2n) is 5.73. The molecule has 0 radical (unpaired) electrons. The van der Waals surface area contributed by atoms with Crippen LogP contribution < -0.4 is 0 Å². The molecule has 2 fully saturated rings. The number of benzene rings is 1. The van der Waals surface area contributed by atoms with Crippen LogP contribution in [0.25, 0.3) is 0 Å². The molecule has 2 nitrogen and oxygen atoms in total. The van der Waals surface area contributed by atoms with Crippen molar-refractivity contribution in [2.24, 2.45) is 23.7 Å². The first kappa shape index (κ1) is 11.6. The summed E-state index contributed by atoms with van der Waals surface area (Å²) in [7, 11) is 0. The molecule has 0 unspecified atom stereocenters. The van der Waals surface area contributed by atoms with Crippen molar-refractivity contribution in [1.82, 2.24) is 0 Å². The second kappa shape index (κ2) is 4.34. The fourth-order valence-corrected chi connectivity index (χ4v) is 4.05. The Kier molecular flexibility index (Phi) is 2.81. The van der Waals surface area contributed by atoms with Crippen LogP contribution in [0, 0.1) is 23.7 Å². The highest BCUT2D eigenvalue weighted by Gasteiger charge is 2.52. The Morgan fingerprint density at radius 3 is 2.22 bits per heavy atom. The number of hydrogen-bond acceptors (Lipinski definition) is 2. The number of fused-ring (bicyclic) bond motifs is 2. The fraction of sp³-hybridized carbons (Fsp3) is 0.500. The number of carbonyl (C=O) groups excluding carboxylic acids is 2. The molecule has 0 saturated heterocycles. The summed E-state index contributed by atoms with van der Waals surface area (Å²) >= 11 is 0. The van der Waals surface area contributed by atoms with Crippen molar-refractivity contribution >= 4 is 11.6 Å². The molecule has 0 aliphatic heterocycles. The minimum atomic E-state index is -0.0522. The zero-order valence-corrected chi connectivity index (χ0v) is 10.6. The van der Waals surface area contributed by atoms with Crippen LogP contribution in [0.1, 0.15) is 36.5 Å². The van der Waals surface area contributed by atoms with Gasteiger partial charge in [-0.15, -0.1) is 0 Å². The average molecular weight is 242 g/mol. The largest absolute Gasteiger partial charge is 0.300 e. The van der Waals surface area contributed by atoms with Gasteiger partial charge in [0.05, 0.1) is 0 Å². The molecular formula is C16H18O2. The van der Waals surface area contributed by atoms with Crippen molar-refractivity contribution < 1.29 is 9.59 Å². The highest BCUT2D eigenvalue weighted by molar-refractivity contribution is 6.01. The molecule has 0 aromatic heterocycles. The van der Waals surface area contributed by atoms with E-state index >= 15 is 0 Å². The lowest BCUT2D eigenvalue weighted by molar-refractivity contribution is -0.123. The van der Waals surface area contributed by atoms with E-state index in [9.17, 15) is 9.59 Å². The third-order valence-corrected chi connectivity index (χ3v) is 4.75. The fourth-order valence-electron chi connectivity index (χ4n) is 4.05. The van der Waals surface area contributed by atoms with Crippen LogP contribution in [0.4, 0.5) is 0 Å². The molecule has 3 rings (SSSR count). The molecule has 2 saturated carbocycles. The Labute approximate surface area is 107 Å². The van der Waals surface area contributed by atoms with Crippen LogP contribution in [-0.4, -0.2) is 11.6 Å². The molecule has 0 amide bonds. The summed E-state index contributed by atoms with van der Waals surface area (Å²) in [5, 5.41) is 0. The molecule has 0 heterocycles. The van der Waals surface area contributed by atoms with Crippen molar-refractivity contribution in [2.75, 3.05) is 0 Å². The first-order valence-electron chi connectivity index (χ1n) is 6.78. The summed E-state index contributed by atoms with van der Waals surface area (Å²) in [5.41, 5.74) is 0.765. The number of carbonyl (C=O) groups is 2. The van der Waals surface area contributed by atoms with Gasteiger partial charge in [-0.25, -0.2) is 0 Å². The van der Waals surface area contributed by atoms with Gasteiger partial charge in [0, 0.05) is 17.4 Å². The summed E-state index contributed by atoms with van der Waals surface area (Å²) in [6.45, 7) is 1.65. The monoisotopic (exact) mass is 242 g/mol. The van der Waals surface area contributed by atoms with Gasteiger partial charge in [-0.1, -0.05) is 30.3 Å². The van der Waals surface area contributed by atoms with Gasteiger partial charge in [0.15, 0.2) is 5.78 Å². The van der Waals surface area contributed by atoms with Crippen LogP contribution >= 0.6 is 0 Å². The van der Waals surface area contributed by atoms with Crippen molar-refractivity contribution in [1.29, 1.82) is 0 Å². The highest BCUT2D eigenvalue weighted by Crippen LogP contribution is 2.53. The highest BCUT2D eigenvalue weighted by atomic mass is 16.1. The molecule has 1 aromatic carbocycles. The van der Waals surface area contributed by atoms with Gasteiger partial charge in [-0.05, 0) is 38.0 Å². The van der Waals surface area contributed by atoms with Crippen molar-refractivity contribution in [2.45, 2.75) is 26.2 Å². The van der Waals surface area contributed by atoms with Crippen LogP contribution in [0.3, 0.4) is 0 Å². The van der Waals surface area contributed by atoms with Gasteiger partial charge in [0.1, 0.15) is 5.78 Å². The molecule has 94 valence electrons. The first-order chi connectivity index (χ1) is 8.68. The molecule has 2 bridgehead atoms. The normalized spacial score (nSPS) is 33.6. The summed E-state index contributed by atoms with van der Waals surface area (Å²) < 4.78 is 0. The van der Waals surface area contributed by atoms with Crippen LogP contribution in [-0.2, 0) is 4.79 Å². The van der Waals surface area contributed by atoms with E-state index < -0.39 is 0 Å². The maximum absolute atomic E-state index is 12.6. The molecule has 18 heavy (non-hydrogen) atoms. The topological polar surface area (TPSA) is 34.1 Å². The van der Waals surface area contributed by atoms with Crippen molar-refractivity contribution in [3.05, 3.63) is 35.9 Å². The zero-order chi connectivity index (χ0) is 12.7. The SMILES string of the molecule is CC(=O)[C@@H]1[C@H]2CC[C@H](C2)[C@@H]1C(=O)c1ccccc1. The number of hydrogen-bond donors (Lipinski definition) is 0. The molecule has 0 N–H and O–H groups in total. The van der Waals surface area contributed by atoms with E-state index in [-0.39, 0.29) is 23.4 Å². The van der Waals surface area contributed by atoms with E-state index in [1.54, 1.807) is 6.92 Å².